The van der Waals surface area contributed by atoms with Gasteiger partial charge in [0, 0.05) is 18.4 Å². The Morgan fingerprint density at radius 2 is 2.10 bits per heavy atom. The van der Waals surface area contributed by atoms with Gasteiger partial charge in [0.05, 0.1) is 6.61 Å². The number of benzene rings is 2. The number of Topliss-reactive ketones (excluding diaryl/α,β-unsaturated/α-hetero) is 1. The second kappa shape index (κ2) is 5.49. The lowest BCUT2D eigenvalue weighted by atomic mass is 10.00. The molecule has 0 saturated carbocycles. The predicted molar refractivity (Wildman–Crippen MR) is 79.5 cm³/mol. The van der Waals surface area contributed by atoms with Gasteiger partial charge < -0.3 is 4.74 Å². The Balaban J connectivity index is 1.66. The number of hydrogen-bond acceptors (Lipinski definition) is 2. The fourth-order valence-corrected chi connectivity index (χ4v) is 2.62. The van der Waals surface area contributed by atoms with Crippen molar-refractivity contribution >= 4 is 5.78 Å². The van der Waals surface area contributed by atoms with E-state index in [1.807, 2.05) is 37.3 Å². The lowest BCUT2D eigenvalue weighted by Gasteiger charge is -2.05. The summed E-state index contributed by atoms with van der Waals surface area (Å²) >= 11 is 0. The van der Waals surface area contributed by atoms with E-state index in [4.69, 9.17) is 4.74 Å². The van der Waals surface area contributed by atoms with Gasteiger partial charge in [-0.25, -0.2) is 0 Å². The third kappa shape index (κ3) is 2.74. The van der Waals surface area contributed by atoms with Crippen LogP contribution in [0.4, 0.5) is 0 Å². The molecule has 0 fully saturated rings. The number of carbonyl (C=O) groups excluding carboxylic acids is 1. The number of rotatable bonds is 4. The van der Waals surface area contributed by atoms with Crippen LogP contribution >= 0.6 is 0 Å². The zero-order chi connectivity index (χ0) is 13.9. The molecule has 1 aliphatic heterocycles. The Bertz CT molecular complexity index is 644. The average Bonchev–Trinajstić information content (AvgIpc) is 2.92. The van der Waals surface area contributed by atoms with Crippen LogP contribution in [0.15, 0.2) is 42.5 Å². The van der Waals surface area contributed by atoms with Gasteiger partial charge in [0.25, 0.3) is 0 Å². The summed E-state index contributed by atoms with van der Waals surface area (Å²) in [6, 6.07) is 14.1. The van der Waals surface area contributed by atoms with Crippen molar-refractivity contribution < 1.29 is 9.53 Å². The highest BCUT2D eigenvalue weighted by molar-refractivity contribution is 5.96. The third-order valence-corrected chi connectivity index (χ3v) is 3.73. The summed E-state index contributed by atoms with van der Waals surface area (Å²) in [6.45, 7) is 2.79. The van der Waals surface area contributed by atoms with Gasteiger partial charge in [-0.1, -0.05) is 35.9 Å². The molecule has 3 rings (SSSR count). The lowest BCUT2D eigenvalue weighted by Crippen LogP contribution is -2.01. The molecule has 0 unspecified atom stereocenters. The average molecular weight is 266 g/mol. The van der Waals surface area contributed by atoms with E-state index in [0.717, 1.165) is 36.3 Å². The largest absolute Gasteiger partial charge is 0.493 e. The molecule has 0 aliphatic carbocycles. The van der Waals surface area contributed by atoms with Gasteiger partial charge in [-0.15, -0.1) is 0 Å². The third-order valence-electron chi connectivity index (χ3n) is 3.73. The molecule has 0 saturated heterocycles. The number of hydrogen-bond donors (Lipinski definition) is 0. The van der Waals surface area contributed by atoms with Crippen molar-refractivity contribution in [3.63, 3.8) is 0 Å². The second-order valence-electron chi connectivity index (χ2n) is 5.33. The van der Waals surface area contributed by atoms with Gasteiger partial charge in [-0.05, 0) is 36.6 Å². The van der Waals surface area contributed by atoms with Crippen LogP contribution in [-0.4, -0.2) is 12.4 Å². The van der Waals surface area contributed by atoms with Crippen molar-refractivity contribution in [1.29, 1.82) is 0 Å². The Hall–Kier alpha value is -2.09. The number of ether oxygens (including phenoxy) is 1. The second-order valence-corrected chi connectivity index (χ2v) is 5.33. The van der Waals surface area contributed by atoms with Crippen molar-refractivity contribution in [1.82, 2.24) is 0 Å². The fourth-order valence-electron chi connectivity index (χ4n) is 2.62. The molecule has 2 aromatic rings. The van der Waals surface area contributed by atoms with E-state index in [1.165, 1.54) is 11.1 Å². The highest BCUT2D eigenvalue weighted by Gasteiger charge is 2.13. The summed E-state index contributed by atoms with van der Waals surface area (Å²) in [7, 11) is 0. The van der Waals surface area contributed by atoms with Gasteiger partial charge in [-0.3, -0.25) is 4.79 Å². The van der Waals surface area contributed by atoms with Crippen LogP contribution in [-0.2, 0) is 12.8 Å². The van der Waals surface area contributed by atoms with Gasteiger partial charge >= 0.3 is 0 Å². The van der Waals surface area contributed by atoms with Crippen LogP contribution in [0.2, 0.25) is 0 Å². The van der Waals surface area contributed by atoms with Crippen LogP contribution in [0.3, 0.4) is 0 Å². The summed E-state index contributed by atoms with van der Waals surface area (Å²) in [5.41, 5.74) is 4.43. The van der Waals surface area contributed by atoms with Crippen molar-refractivity contribution in [2.75, 3.05) is 6.61 Å². The van der Waals surface area contributed by atoms with Crippen molar-refractivity contribution in [2.45, 2.75) is 26.2 Å². The molecular formula is C18H18O2. The summed E-state index contributed by atoms with van der Waals surface area (Å²) < 4.78 is 5.49. The molecule has 2 heteroatoms. The maximum absolute atomic E-state index is 12.2. The number of ketones is 1. The van der Waals surface area contributed by atoms with Crippen LogP contribution in [0, 0.1) is 6.92 Å². The van der Waals surface area contributed by atoms with E-state index in [2.05, 4.69) is 12.1 Å². The first-order valence-corrected chi connectivity index (χ1v) is 7.07. The van der Waals surface area contributed by atoms with E-state index in [1.54, 1.807) is 0 Å². The fraction of sp³-hybridized carbons (Fsp3) is 0.278. The summed E-state index contributed by atoms with van der Waals surface area (Å²) in [4.78, 5) is 12.2. The van der Waals surface area contributed by atoms with Crippen molar-refractivity contribution in [3.05, 3.63) is 64.7 Å². The summed E-state index contributed by atoms with van der Waals surface area (Å²) in [6.07, 6.45) is 2.33. The molecule has 0 atom stereocenters. The number of aryl methyl sites for hydroxylation is 2. The molecule has 0 N–H and O–H groups in total. The molecule has 20 heavy (non-hydrogen) atoms. The highest BCUT2D eigenvalue weighted by Crippen LogP contribution is 2.26. The Morgan fingerprint density at radius 3 is 2.95 bits per heavy atom. The first-order chi connectivity index (χ1) is 9.72. The van der Waals surface area contributed by atoms with E-state index in [-0.39, 0.29) is 5.78 Å². The molecule has 0 spiro atoms. The number of fused-ring (bicyclic) bond motifs is 1. The lowest BCUT2D eigenvalue weighted by molar-refractivity contribution is 0.0982. The molecular weight excluding hydrogens is 248 g/mol. The quantitative estimate of drug-likeness (QED) is 0.788. The zero-order valence-corrected chi connectivity index (χ0v) is 11.7. The predicted octanol–water partition coefficient (Wildman–Crippen LogP) is 3.75. The molecule has 0 radical (unpaired) electrons. The molecule has 0 aromatic heterocycles. The Morgan fingerprint density at radius 1 is 1.20 bits per heavy atom. The molecule has 0 bridgehead atoms. The number of carbonyl (C=O) groups is 1. The first kappa shape index (κ1) is 12.9. The normalized spacial score (nSPS) is 12.8. The molecule has 1 heterocycles. The van der Waals surface area contributed by atoms with Crippen LogP contribution in [0.1, 0.15) is 33.5 Å². The Labute approximate surface area is 119 Å². The first-order valence-electron chi connectivity index (χ1n) is 7.07. The molecule has 0 amide bonds. The smallest absolute Gasteiger partial charge is 0.163 e. The van der Waals surface area contributed by atoms with Gasteiger partial charge in [0.15, 0.2) is 5.78 Å². The monoisotopic (exact) mass is 266 g/mol. The maximum Gasteiger partial charge on any atom is 0.163 e. The van der Waals surface area contributed by atoms with Gasteiger partial charge in [0.2, 0.25) is 0 Å². The standard InChI is InChI=1S/C18H18O2/c1-13-3-2-4-15(11-13)17(19)7-5-14-6-8-18-16(12-14)9-10-20-18/h2-4,6,8,11-12H,5,7,9-10H2,1H3. The van der Waals surface area contributed by atoms with Crippen molar-refractivity contribution in [3.8, 4) is 5.75 Å². The minimum absolute atomic E-state index is 0.213. The van der Waals surface area contributed by atoms with Gasteiger partial charge in [-0.2, -0.15) is 0 Å². The molecule has 102 valence electrons. The molecule has 2 aromatic carbocycles. The summed E-state index contributed by atoms with van der Waals surface area (Å²) in [5.74, 6) is 1.21. The maximum atomic E-state index is 12.2. The van der Waals surface area contributed by atoms with E-state index >= 15 is 0 Å². The van der Waals surface area contributed by atoms with Crippen LogP contribution in [0.5, 0.6) is 5.75 Å². The minimum atomic E-state index is 0.213. The minimum Gasteiger partial charge on any atom is -0.493 e. The van der Waals surface area contributed by atoms with E-state index in [9.17, 15) is 4.79 Å². The molecule has 2 nitrogen and oxygen atoms in total. The molecule has 1 aliphatic rings. The van der Waals surface area contributed by atoms with E-state index in [0.29, 0.717) is 6.42 Å². The zero-order valence-electron chi connectivity index (χ0n) is 11.7. The highest BCUT2D eigenvalue weighted by atomic mass is 16.5. The van der Waals surface area contributed by atoms with Crippen LogP contribution < -0.4 is 4.74 Å². The van der Waals surface area contributed by atoms with E-state index < -0.39 is 0 Å². The Kier molecular flexibility index (Phi) is 3.55. The summed E-state index contributed by atoms with van der Waals surface area (Å²) in [5, 5.41) is 0. The van der Waals surface area contributed by atoms with Gasteiger partial charge in [0.1, 0.15) is 5.75 Å². The topological polar surface area (TPSA) is 26.3 Å². The SMILES string of the molecule is Cc1cccc(C(=O)CCc2ccc3c(c2)CCO3)c1. The van der Waals surface area contributed by atoms with Crippen molar-refractivity contribution in [2.24, 2.45) is 0 Å². The van der Waals surface area contributed by atoms with Crippen LogP contribution in [0.25, 0.3) is 0 Å².